The fourth-order valence-electron chi connectivity index (χ4n) is 1.18. The Labute approximate surface area is 105 Å². The lowest BCUT2D eigenvalue weighted by atomic mass is 10.3. The van der Waals surface area contributed by atoms with Crippen LogP contribution in [0.4, 0.5) is 11.6 Å². The minimum Gasteiger partial charge on any atom is -0.400 e. The fraction of sp³-hybridized carbons (Fsp3) is 0. The van der Waals surface area contributed by atoms with Crippen LogP contribution in [0.2, 0.25) is 0 Å². The van der Waals surface area contributed by atoms with Gasteiger partial charge >= 0.3 is 5.88 Å². The van der Waals surface area contributed by atoms with Crippen molar-refractivity contribution in [1.82, 2.24) is 0 Å². The SMILES string of the molecule is O=[N+]([O-])c1ccc(C=Nc2ccc(Br)cc2)o1. The van der Waals surface area contributed by atoms with E-state index in [0.29, 0.717) is 5.76 Å². The molecule has 86 valence electrons. The smallest absolute Gasteiger partial charge is 0.400 e. The second-order valence-electron chi connectivity index (χ2n) is 3.17. The normalized spacial score (nSPS) is 10.9. The topological polar surface area (TPSA) is 68.6 Å². The molecule has 0 aliphatic heterocycles. The zero-order valence-electron chi connectivity index (χ0n) is 8.54. The molecule has 2 aromatic rings. The Balaban J connectivity index is 2.14. The van der Waals surface area contributed by atoms with Crippen molar-refractivity contribution in [3.63, 3.8) is 0 Å². The summed E-state index contributed by atoms with van der Waals surface area (Å²) in [6.07, 6.45) is 1.44. The van der Waals surface area contributed by atoms with Gasteiger partial charge in [0.2, 0.25) is 0 Å². The lowest BCUT2D eigenvalue weighted by Gasteiger charge is -1.92. The van der Waals surface area contributed by atoms with Crippen LogP contribution in [-0.2, 0) is 0 Å². The van der Waals surface area contributed by atoms with Gasteiger partial charge in [-0.1, -0.05) is 15.9 Å². The van der Waals surface area contributed by atoms with Gasteiger partial charge in [0.25, 0.3) is 0 Å². The number of nitrogens with zero attached hydrogens (tertiary/aromatic N) is 2. The molecule has 0 aliphatic rings. The third kappa shape index (κ3) is 3.01. The molecule has 2 rings (SSSR count). The molecule has 0 unspecified atom stereocenters. The van der Waals surface area contributed by atoms with Gasteiger partial charge in [0.1, 0.15) is 4.92 Å². The molecule has 0 bridgehead atoms. The predicted octanol–water partition coefficient (Wildman–Crippen LogP) is 3.70. The highest BCUT2D eigenvalue weighted by atomic mass is 79.9. The van der Waals surface area contributed by atoms with Crippen molar-refractivity contribution in [2.24, 2.45) is 4.99 Å². The first kappa shape index (κ1) is 11.5. The van der Waals surface area contributed by atoms with Crippen LogP contribution >= 0.6 is 15.9 Å². The lowest BCUT2D eigenvalue weighted by Crippen LogP contribution is -1.83. The first-order valence-corrected chi connectivity index (χ1v) is 5.48. The summed E-state index contributed by atoms with van der Waals surface area (Å²) in [6.45, 7) is 0. The molecule has 5 nitrogen and oxygen atoms in total. The molecule has 0 N–H and O–H groups in total. The highest BCUT2D eigenvalue weighted by Crippen LogP contribution is 2.18. The molecule has 0 atom stereocenters. The summed E-state index contributed by atoms with van der Waals surface area (Å²) >= 11 is 3.32. The third-order valence-electron chi connectivity index (χ3n) is 1.96. The molecule has 0 amide bonds. The van der Waals surface area contributed by atoms with Crippen molar-refractivity contribution < 1.29 is 9.34 Å². The summed E-state index contributed by atoms with van der Waals surface area (Å²) in [5.41, 5.74) is 0.743. The number of aliphatic imine (C=N–C) groups is 1. The van der Waals surface area contributed by atoms with E-state index < -0.39 is 4.92 Å². The van der Waals surface area contributed by atoms with E-state index in [1.165, 1.54) is 18.3 Å². The standard InChI is InChI=1S/C11H7BrN2O3/c12-8-1-3-9(4-2-8)13-7-10-5-6-11(17-10)14(15)16/h1-7H. The third-order valence-corrected chi connectivity index (χ3v) is 2.49. The number of benzene rings is 1. The monoisotopic (exact) mass is 294 g/mol. The Morgan fingerprint density at radius 1 is 1.24 bits per heavy atom. The largest absolute Gasteiger partial charge is 0.433 e. The quantitative estimate of drug-likeness (QED) is 0.492. The highest BCUT2D eigenvalue weighted by molar-refractivity contribution is 9.10. The Kier molecular flexibility index (Phi) is 3.34. The number of furan rings is 1. The first-order chi connectivity index (χ1) is 8.15. The van der Waals surface area contributed by atoms with E-state index >= 15 is 0 Å². The van der Waals surface area contributed by atoms with Crippen molar-refractivity contribution >= 4 is 33.7 Å². The zero-order chi connectivity index (χ0) is 12.3. The average molecular weight is 295 g/mol. The molecule has 0 spiro atoms. The van der Waals surface area contributed by atoms with Crippen LogP contribution in [-0.4, -0.2) is 11.1 Å². The molecule has 0 fully saturated rings. The van der Waals surface area contributed by atoms with Crippen LogP contribution in [0.5, 0.6) is 0 Å². The Morgan fingerprint density at radius 3 is 2.53 bits per heavy atom. The Morgan fingerprint density at radius 2 is 1.94 bits per heavy atom. The molecule has 0 radical (unpaired) electrons. The summed E-state index contributed by atoms with van der Waals surface area (Å²) in [5.74, 6) is 0.0573. The van der Waals surface area contributed by atoms with Gasteiger partial charge < -0.3 is 4.42 Å². The van der Waals surface area contributed by atoms with Crippen molar-refractivity contribution in [1.29, 1.82) is 0 Å². The number of hydrogen-bond donors (Lipinski definition) is 0. The number of hydrogen-bond acceptors (Lipinski definition) is 4. The fourth-order valence-corrected chi connectivity index (χ4v) is 1.44. The molecular weight excluding hydrogens is 288 g/mol. The summed E-state index contributed by atoms with van der Waals surface area (Å²) in [7, 11) is 0. The maximum atomic E-state index is 10.4. The van der Waals surface area contributed by atoms with E-state index in [0.717, 1.165) is 10.2 Å². The van der Waals surface area contributed by atoms with Crippen LogP contribution < -0.4 is 0 Å². The Bertz CT molecular complexity index is 560. The highest BCUT2D eigenvalue weighted by Gasteiger charge is 2.09. The van der Waals surface area contributed by atoms with Crippen molar-refractivity contribution in [3.8, 4) is 0 Å². The predicted molar refractivity (Wildman–Crippen MR) is 66.8 cm³/mol. The molecule has 1 heterocycles. The van der Waals surface area contributed by atoms with Crippen LogP contribution in [0.3, 0.4) is 0 Å². The summed E-state index contributed by atoms with van der Waals surface area (Å²) < 4.78 is 5.90. The van der Waals surface area contributed by atoms with Gasteiger partial charge in [0, 0.05) is 4.47 Å². The summed E-state index contributed by atoms with van der Waals surface area (Å²) in [6, 6.07) is 10.1. The number of nitro groups is 1. The summed E-state index contributed by atoms with van der Waals surface area (Å²) in [5, 5.41) is 10.4. The van der Waals surface area contributed by atoms with E-state index in [-0.39, 0.29) is 5.88 Å². The van der Waals surface area contributed by atoms with Gasteiger partial charge in [0.05, 0.1) is 18.0 Å². The van der Waals surface area contributed by atoms with E-state index in [4.69, 9.17) is 4.42 Å². The Hall–Kier alpha value is -1.95. The van der Waals surface area contributed by atoms with Crippen LogP contribution in [0.25, 0.3) is 0 Å². The van der Waals surface area contributed by atoms with Gasteiger partial charge in [0.15, 0.2) is 5.76 Å². The van der Waals surface area contributed by atoms with Gasteiger partial charge in [-0.25, -0.2) is 0 Å². The van der Waals surface area contributed by atoms with Crippen molar-refractivity contribution in [2.75, 3.05) is 0 Å². The molecule has 17 heavy (non-hydrogen) atoms. The van der Waals surface area contributed by atoms with Gasteiger partial charge in [-0.3, -0.25) is 15.1 Å². The lowest BCUT2D eigenvalue weighted by molar-refractivity contribution is -0.402. The van der Waals surface area contributed by atoms with Crippen LogP contribution in [0.1, 0.15) is 5.76 Å². The minimum atomic E-state index is -0.586. The van der Waals surface area contributed by atoms with E-state index in [1.807, 2.05) is 24.3 Å². The van der Waals surface area contributed by atoms with Crippen molar-refractivity contribution in [3.05, 3.63) is 56.7 Å². The zero-order valence-corrected chi connectivity index (χ0v) is 10.1. The molecular formula is C11H7BrN2O3. The van der Waals surface area contributed by atoms with Gasteiger partial charge in [-0.05, 0) is 30.3 Å². The van der Waals surface area contributed by atoms with Gasteiger partial charge in [-0.2, -0.15) is 0 Å². The first-order valence-electron chi connectivity index (χ1n) is 4.69. The summed E-state index contributed by atoms with van der Waals surface area (Å²) in [4.78, 5) is 13.9. The van der Waals surface area contributed by atoms with Crippen LogP contribution in [0.15, 0.2) is 50.3 Å². The minimum absolute atomic E-state index is 0.290. The number of halogens is 1. The molecule has 0 saturated carbocycles. The molecule has 1 aromatic carbocycles. The average Bonchev–Trinajstić information content (AvgIpc) is 2.77. The second kappa shape index (κ2) is 4.92. The molecule has 6 heteroatoms. The molecule has 0 saturated heterocycles. The molecule has 1 aromatic heterocycles. The van der Waals surface area contributed by atoms with Crippen LogP contribution in [0, 0.1) is 10.1 Å². The molecule has 0 aliphatic carbocycles. The second-order valence-corrected chi connectivity index (χ2v) is 4.08. The van der Waals surface area contributed by atoms with Gasteiger partial charge in [-0.15, -0.1) is 0 Å². The maximum Gasteiger partial charge on any atom is 0.433 e. The number of rotatable bonds is 3. The van der Waals surface area contributed by atoms with E-state index in [9.17, 15) is 10.1 Å². The van der Waals surface area contributed by atoms with E-state index in [2.05, 4.69) is 20.9 Å². The van der Waals surface area contributed by atoms with E-state index in [1.54, 1.807) is 0 Å². The van der Waals surface area contributed by atoms with Crippen molar-refractivity contribution in [2.45, 2.75) is 0 Å². The maximum absolute atomic E-state index is 10.4.